The molecule has 3 aromatic carbocycles. The minimum absolute atomic E-state index is 0.124. The van der Waals surface area contributed by atoms with Crippen LogP contribution < -0.4 is 10.2 Å². The smallest absolute Gasteiger partial charge is 0.322 e. The summed E-state index contributed by atoms with van der Waals surface area (Å²) >= 11 is 0. The third kappa shape index (κ3) is 4.04. The maximum absolute atomic E-state index is 13.8. The molecule has 2 N–H and O–H groups in total. The van der Waals surface area contributed by atoms with Gasteiger partial charge in [0.2, 0.25) is 0 Å². The van der Waals surface area contributed by atoms with E-state index in [1.807, 2.05) is 60.7 Å². The molecule has 1 unspecified atom stereocenters. The first-order chi connectivity index (χ1) is 15.6. The molecule has 5 nitrogen and oxygen atoms in total. The summed E-state index contributed by atoms with van der Waals surface area (Å²) in [6.07, 6.45) is 1.91. The van der Waals surface area contributed by atoms with E-state index >= 15 is 0 Å². The van der Waals surface area contributed by atoms with Crippen LogP contribution in [0.25, 0.3) is 0 Å². The fourth-order valence-electron chi connectivity index (χ4n) is 5.01. The lowest BCUT2D eigenvalue weighted by molar-refractivity contribution is -0.923. The molecule has 2 aliphatic heterocycles. The Bertz CT molecular complexity index is 1070. The van der Waals surface area contributed by atoms with E-state index in [-0.39, 0.29) is 11.9 Å². The van der Waals surface area contributed by atoms with E-state index < -0.39 is 5.54 Å². The van der Waals surface area contributed by atoms with E-state index in [4.69, 9.17) is 0 Å². The monoisotopic (exact) mass is 426 g/mol. The lowest BCUT2D eigenvalue weighted by Gasteiger charge is -2.30. The molecule has 0 spiro atoms. The summed E-state index contributed by atoms with van der Waals surface area (Å²) in [5, 5.41) is 3.10. The van der Waals surface area contributed by atoms with E-state index in [0.717, 1.165) is 30.6 Å². The largest absolute Gasteiger partial charge is 0.329 e. The number of quaternary nitrogens is 1. The fraction of sp³-hybridized carbons (Fsp3) is 0.259. The average molecular weight is 427 g/mol. The Labute approximate surface area is 188 Å². The van der Waals surface area contributed by atoms with Crippen molar-refractivity contribution in [1.29, 1.82) is 0 Å². The number of carbonyl (C=O) groups is 2. The van der Waals surface area contributed by atoms with Crippen LogP contribution in [0.5, 0.6) is 0 Å². The van der Waals surface area contributed by atoms with Crippen LogP contribution in [0.15, 0.2) is 84.9 Å². The third-order valence-electron chi connectivity index (χ3n) is 6.63. The maximum atomic E-state index is 13.8. The van der Waals surface area contributed by atoms with Crippen LogP contribution in [-0.2, 0) is 30.6 Å². The highest BCUT2D eigenvalue weighted by Crippen LogP contribution is 2.27. The van der Waals surface area contributed by atoms with Gasteiger partial charge in [0.1, 0.15) is 12.1 Å². The molecular formula is C27H28N3O2+. The third-order valence-corrected chi connectivity index (χ3v) is 6.63. The number of imide groups is 1. The normalized spacial score (nSPS) is 19.5. The standard InChI is InChI=1S/C27H27N3O2/c31-25-27(17-21-9-3-1-4-10-21,18-22-11-5-2-6-12-22)28-26(32)30(25)20-29-16-15-23-13-7-8-14-24(23)19-29/h1-14H,15-20H2,(H,28,32)/p+1. The van der Waals surface area contributed by atoms with E-state index in [9.17, 15) is 9.59 Å². The molecule has 5 rings (SSSR count). The van der Waals surface area contributed by atoms with Gasteiger partial charge in [0.05, 0.1) is 6.54 Å². The Morgan fingerprint density at radius 2 is 1.34 bits per heavy atom. The zero-order chi connectivity index (χ0) is 22.0. The summed E-state index contributed by atoms with van der Waals surface area (Å²) < 4.78 is 0. The predicted octanol–water partition coefficient (Wildman–Crippen LogP) is 2.36. The Hall–Kier alpha value is -3.44. The van der Waals surface area contributed by atoms with Crippen molar-refractivity contribution in [3.63, 3.8) is 0 Å². The molecule has 1 fully saturated rings. The Morgan fingerprint density at radius 1 is 0.781 bits per heavy atom. The molecule has 1 saturated heterocycles. The van der Waals surface area contributed by atoms with Gasteiger partial charge in [0, 0.05) is 24.8 Å². The summed E-state index contributed by atoms with van der Waals surface area (Å²) in [4.78, 5) is 29.6. The predicted molar refractivity (Wildman–Crippen MR) is 123 cm³/mol. The number of carbonyl (C=O) groups excluding carboxylic acids is 2. The summed E-state index contributed by atoms with van der Waals surface area (Å²) in [6, 6.07) is 28.0. The molecule has 32 heavy (non-hydrogen) atoms. The van der Waals surface area contributed by atoms with Gasteiger partial charge in [-0.25, -0.2) is 9.69 Å². The molecule has 2 aliphatic rings. The second-order valence-corrected chi connectivity index (χ2v) is 8.92. The van der Waals surface area contributed by atoms with E-state index in [0.29, 0.717) is 19.5 Å². The van der Waals surface area contributed by atoms with Gasteiger partial charge in [-0.3, -0.25) is 4.79 Å². The van der Waals surface area contributed by atoms with Gasteiger partial charge >= 0.3 is 6.03 Å². The van der Waals surface area contributed by atoms with Crippen molar-refractivity contribution >= 4 is 11.9 Å². The van der Waals surface area contributed by atoms with Crippen molar-refractivity contribution in [1.82, 2.24) is 10.2 Å². The van der Waals surface area contributed by atoms with Crippen LogP contribution >= 0.6 is 0 Å². The summed E-state index contributed by atoms with van der Waals surface area (Å²) in [5.74, 6) is -0.124. The van der Waals surface area contributed by atoms with Gasteiger partial charge in [-0.15, -0.1) is 0 Å². The quantitative estimate of drug-likeness (QED) is 0.595. The first-order valence-corrected chi connectivity index (χ1v) is 11.3. The number of urea groups is 1. The first kappa shape index (κ1) is 20.5. The number of hydrogen-bond donors (Lipinski definition) is 2. The lowest BCUT2D eigenvalue weighted by atomic mass is 9.84. The van der Waals surface area contributed by atoms with Crippen molar-refractivity contribution in [2.75, 3.05) is 13.2 Å². The molecule has 2 heterocycles. The van der Waals surface area contributed by atoms with Crippen molar-refractivity contribution < 1.29 is 14.5 Å². The van der Waals surface area contributed by atoms with Gasteiger partial charge < -0.3 is 10.2 Å². The molecule has 3 amide bonds. The van der Waals surface area contributed by atoms with Crippen LogP contribution in [0.4, 0.5) is 4.79 Å². The van der Waals surface area contributed by atoms with Crippen molar-refractivity contribution in [2.24, 2.45) is 0 Å². The second-order valence-electron chi connectivity index (χ2n) is 8.92. The van der Waals surface area contributed by atoms with Crippen molar-refractivity contribution in [3.05, 3.63) is 107 Å². The molecule has 0 saturated carbocycles. The second kappa shape index (κ2) is 8.60. The van der Waals surface area contributed by atoms with E-state index in [1.54, 1.807) is 0 Å². The van der Waals surface area contributed by atoms with Crippen LogP contribution in [0.3, 0.4) is 0 Å². The molecule has 0 radical (unpaired) electrons. The average Bonchev–Trinajstić information content (AvgIpc) is 3.04. The van der Waals surface area contributed by atoms with Crippen LogP contribution in [-0.4, -0.2) is 35.6 Å². The van der Waals surface area contributed by atoms with Crippen LogP contribution in [0.1, 0.15) is 22.3 Å². The first-order valence-electron chi connectivity index (χ1n) is 11.3. The number of rotatable bonds is 6. The lowest BCUT2D eigenvalue weighted by Crippen LogP contribution is -3.13. The topological polar surface area (TPSA) is 53.9 Å². The number of fused-ring (bicyclic) bond motifs is 1. The van der Waals surface area contributed by atoms with Gasteiger partial charge in [0.15, 0.2) is 6.67 Å². The van der Waals surface area contributed by atoms with E-state index in [2.05, 4.69) is 29.6 Å². The van der Waals surface area contributed by atoms with Gasteiger partial charge in [-0.2, -0.15) is 0 Å². The molecule has 0 aliphatic carbocycles. The van der Waals surface area contributed by atoms with E-state index in [1.165, 1.54) is 20.9 Å². The highest BCUT2D eigenvalue weighted by Gasteiger charge is 2.52. The zero-order valence-corrected chi connectivity index (χ0v) is 18.1. The number of hydrogen-bond acceptors (Lipinski definition) is 2. The van der Waals surface area contributed by atoms with Gasteiger partial charge in [0.25, 0.3) is 5.91 Å². The van der Waals surface area contributed by atoms with Crippen LogP contribution in [0.2, 0.25) is 0 Å². The molecule has 3 aromatic rings. The minimum Gasteiger partial charge on any atom is -0.322 e. The minimum atomic E-state index is -0.965. The number of amides is 3. The summed E-state index contributed by atoms with van der Waals surface area (Å²) in [7, 11) is 0. The van der Waals surface area contributed by atoms with Gasteiger partial charge in [-0.1, -0.05) is 84.9 Å². The molecule has 0 aromatic heterocycles. The number of nitrogens with zero attached hydrogens (tertiary/aromatic N) is 1. The Kier molecular flexibility index (Phi) is 5.50. The van der Waals surface area contributed by atoms with Crippen LogP contribution in [0, 0.1) is 0 Å². The molecule has 162 valence electrons. The summed E-state index contributed by atoms with van der Waals surface area (Å²) in [6.45, 7) is 2.14. The summed E-state index contributed by atoms with van der Waals surface area (Å²) in [5.41, 5.74) is 3.79. The Balaban J connectivity index is 1.40. The Morgan fingerprint density at radius 3 is 1.97 bits per heavy atom. The maximum Gasteiger partial charge on any atom is 0.329 e. The molecule has 5 heteroatoms. The highest BCUT2D eigenvalue weighted by atomic mass is 16.2. The molecule has 0 bridgehead atoms. The van der Waals surface area contributed by atoms with Crippen molar-refractivity contribution in [3.8, 4) is 0 Å². The van der Waals surface area contributed by atoms with Crippen molar-refractivity contribution in [2.45, 2.75) is 31.3 Å². The SMILES string of the molecule is O=C1NC(Cc2ccccc2)(Cc2ccccc2)C(=O)N1C[NH+]1CCc2ccccc2C1. The zero-order valence-electron chi connectivity index (χ0n) is 18.1. The fourth-order valence-corrected chi connectivity index (χ4v) is 5.01. The molecular weight excluding hydrogens is 398 g/mol. The highest BCUT2D eigenvalue weighted by molar-refractivity contribution is 6.07. The van der Waals surface area contributed by atoms with Gasteiger partial charge in [-0.05, 0) is 16.7 Å². The molecule has 1 atom stereocenters. The number of nitrogens with one attached hydrogen (secondary N) is 2. The number of benzene rings is 3.